The lowest BCUT2D eigenvalue weighted by Crippen LogP contribution is -2.41. The van der Waals surface area contributed by atoms with Gasteiger partial charge >= 0.3 is 0 Å². The number of nitrogens with two attached hydrogens (primary N) is 1. The third-order valence-electron chi connectivity index (χ3n) is 3.20. The number of benzene rings is 1. The Morgan fingerprint density at radius 3 is 3.00 bits per heavy atom. The van der Waals surface area contributed by atoms with Crippen LogP contribution in [0.5, 0.6) is 0 Å². The molecule has 18 heavy (non-hydrogen) atoms. The zero-order valence-corrected chi connectivity index (χ0v) is 11.0. The molecule has 1 saturated heterocycles. The van der Waals surface area contributed by atoms with Gasteiger partial charge in [0, 0.05) is 30.4 Å². The zero-order chi connectivity index (χ0) is 13.1. The van der Waals surface area contributed by atoms with Crippen molar-refractivity contribution in [2.45, 2.75) is 32.4 Å². The standard InChI is InChI=1S/C14H21FN2O/c1-10(16)8-12-13(15)4-3-5-14(12)17-6-7-18-11(2)9-17/h3-5,10-11H,6-9,16H2,1-2H3. The molecular formula is C14H21FN2O. The highest BCUT2D eigenvalue weighted by atomic mass is 19.1. The fourth-order valence-corrected chi connectivity index (χ4v) is 2.40. The smallest absolute Gasteiger partial charge is 0.128 e. The van der Waals surface area contributed by atoms with Crippen molar-refractivity contribution < 1.29 is 9.13 Å². The average Bonchev–Trinajstić information content (AvgIpc) is 2.31. The Kier molecular flexibility index (Phi) is 4.19. The molecule has 2 atom stereocenters. The van der Waals surface area contributed by atoms with E-state index in [1.165, 1.54) is 6.07 Å². The van der Waals surface area contributed by atoms with Gasteiger partial charge in [-0.15, -0.1) is 0 Å². The van der Waals surface area contributed by atoms with Crippen LogP contribution in [0.25, 0.3) is 0 Å². The number of hydrogen-bond donors (Lipinski definition) is 1. The van der Waals surface area contributed by atoms with Crippen molar-refractivity contribution in [1.29, 1.82) is 0 Å². The summed E-state index contributed by atoms with van der Waals surface area (Å²) >= 11 is 0. The van der Waals surface area contributed by atoms with Crippen molar-refractivity contribution in [1.82, 2.24) is 0 Å². The van der Waals surface area contributed by atoms with E-state index in [0.29, 0.717) is 13.0 Å². The largest absolute Gasteiger partial charge is 0.375 e. The average molecular weight is 252 g/mol. The van der Waals surface area contributed by atoms with Gasteiger partial charge in [0.1, 0.15) is 5.82 Å². The molecule has 1 aliphatic rings. The lowest BCUT2D eigenvalue weighted by molar-refractivity contribution is 0.0531. The number of ether oxygens (including phenoxy) is 1. The van der Waals surface area contributed by atoms with Crippen molar-refractivity contribution in [2.24, 2.45) is 5.73 Å². The topological polar surface area (TPSA) is 38.5 Å². The van der Waals surface area contributed by atoms with E-state index in [0.717, 1.165) is 24.3 Å². The summed E-state index contributed by atoms with van der Waals surface area (Å²) in [6.07, 6.45) is 0.749. The van der Waals surface area contributed by atoms with Gasteiger partial charge in [0.2, 0.25) is 0 Å². The number of rotatable bonds is 3. The Bertz CT molecular complexity index is 409. The Balaban J connectivity index is 2.28. The predicted molar refractivity (Wildman–Crippen MR) is 71.4 cm³/mol. The molecule has 0 aliphatic carbocycles. The lowest BCUT2D eigenvalue weighted by atomic mass is 10.0. The highest BCUT2D eigenvalue weighted by Crippen LogP contribution is 2.26. The summed E-state index contributed by atoms with van der Waals surface area (Å²) in [5.74, 6) is -0.163. The van der Waals surface area contributed by atoms with Gasteiger partial charge < -0.3 is 15.4 Å². The molecule has 1 aromatic rings. The first-order valence-electron chi connectivity index (χ1n) is 6.47. The summed E-state index contributed by atoms with van der Waals surface area (Å²) < 4.78 is 19.5. The van der Waals surface area contributed by atoms with Crippen molar-refractivity contribution in [3.8, 4) is 0 Å². The van der Waals surface area contributed by atoms with E-state index < -0.39 is 0 Å². The summed E-state index contributed by atoms with van der Waals surface area (Å²) in [4.78, 5) is 2.19. The summed E-state index contributed by atoms with van der Waals surface area (Å²) in [7, 11) is 0. The van der Waals surface area contributed by atoms with E-state index in [2.05, 4.69) is 4.90 Å². The van der Waals surface area contributed by atoms with E-state index in [1.54, 1.807) is 6.07 Å². The molecule has 0 saturated carbocycles. The minimum absolute atomic E-state index is 0.0425. The molecule has 0 amide bonds. The number of nitrogens with zero attached hydrogens (tertiary/aromatic N) is 1. The van der Waals surface area contributed by atoms with Crippen LogP contribution in [-0.4, -0.2) is 31.8 Å². The van der Waals surface area contributed by atoms with Gasteiger partial charge in [-0.25, -0.2) is 4.39 Å². The molecule has 0 aromatic heterocycles. The molecule has 4 heteroatoms. The lowest BCUT2D eigenvalue weighted by Gasteiger charge is -2.34. The fraction of sp³-hybridized carbons (Fsp3) is 0.571. The van der Waals surface area contributed by atoms with E-state index in [1.807, 2.05) is 19.9 Å². The van der Waals surface area contributed by atoms with Crippen LogP contribution in [-0.2, 0) is 11.2 Å². The maximum Gasteiger partial charge on any atom is 0.128 e. The van der Waals surface area contributed by atoms with Crippen LogP contribution in [0.4, 0.5) is 10.1 Å². The Morgan fingerprint density at radius 1 is 1.56 bits per heavy atom. The molecule has 0 spiro atoms. The predicted octanol–water partition coefficient (Wildman–Crippen LogP) is 1.94. The first-order valence-corrected chi connectivity index (χ1v) is 6.47. The molecule has 2 N–H and O–H groups in total. The second kappa shape index (κ2) is 5.67. The molecule has 3 nitrogen and oxygen atoms in total. The Morgan fingerprint density at radius 2 is 2.33 bits per heavy atom. The third-order valence-corrected chi connectivity index (χ3v) is 3.20. The molecule has 1 aliphatic heterocycles. The maximum atomic E-state index is 13.9. The molecule has 0 radical (unpaired) electrons. The van der Waals surface area contributed by atoms with E-state index in [4.69, 9.17) is 10.5 Å². The van der Waals surface area contributed by atoms with Crippen molar-refractivity contribution in [2.75, 3.05) is 24.6 Å². The highest BCUT2D eigenvalue weighted by Gasteiger charge is 2.21. The summed E-state index contributed by atoms with van der Waals surface area (Å²) in [6.45, 7) is 6.24. The van der Waals surface area contributed by atoms with Crippen LogP contribution >= 0.6 is 0 Å². The van der Waals surface area contributed by atoms with Gasteiger partial charge in [0.15, 0.2) is 0 Å². The van der Waals surface area contributed by atoms with Crippen molar-refractivity contribution in [3.05, 3.63) is 29.6 Å². The number of halogens is 1. The monoisotopic (exact) mass is 252 g/mol. The number of anilines is 1. The molecule has 2 rings (SSSR count). The molecule has 0 bridgehead atoms. The molecule has 100 valence electrons. The van der Waals surface area contributed by atoms with Crippen LogP contribution in [0, 0.1) is 5.82 Å². The highest BCUT2D eigenvalue weighted by molar-refractivity contribution is 5.55. The maximum absolute atomic E-state index is 13.9. The second-order valence-electron chi connectivity index (χ2n) is 5.05. The van der Waals surface area contributed by atoms with Crippen molar-refractivity contribution >= 4 is 5.69 Å². The minimum Gasteiger partial charge on any atom is -0.375 e. The third kappa shape index (κ3) is 3.00. The van der Waals surface area contributed by atoms with Gasteiger partial charge in [-0.1, -0.05) is 6.07 Å². The van der Waals surface area contributed by atoms with Crippen molar-refractivity contribution in [3.63, 3.8) is 0 Å². The Hall–Kier alpha value is -1.13. The van der Waals surface area contributed by atoms with E-state index in [-0.39, 0.29) is 18.0 Å². The van der Waals surface area contributed by atoms with E-state index >= 15 is 0 Å². The van der Waals surface area contributed by atoms with E-state index in [9.17, 15) is 4.39 Å². The zero-order valence-electron chi connectivity index (χ0n) is 11.0. The second-order valence-corrected chi connectivity index (χ2v) is 5.05. The van der Waals surface area contributed by atoms with Gasteiger partial charge in [-0.3, -0.25) is 0 Å². The molecular weight excluding hydrogens is 231 g/mol. The molecule has 1 aromatic carbocycles. The van der Waals surface area contributed by atoms with Crippen LogP contribution in [0.15, 0.2) is 18.2 Å². The summed E-state index contributed by atoms with van der Waals surface area (Å²) in [5.41, 5.74) is 7.49. The first kappa shape index (κ1) is 13.3. The molecule has 1 heterocycles. The normalized spacial score (nSPS) is 22.0. The molecule has 1 fully saturated rings. The van der Waals surface area contributed by atoms with Gasteiger partial charge in [-0.05, 0) is 32.4 Å². The van der Waals surface area contributed by atoms with Crippen LogP contribution in [0.3, 0.4) is 0 Å². The molecule has 2 unspecified atom stereocenters. The fourth-order valence-electron chi connectivity index (χ4n) is 2.40. The number of hydrogen-bond acceptors (Lipinski definition) is 3. The van der Waals surface area contributed by atoms with Crippen LogP contribution in [0.2, 0.25) is 0 Å². The minimum atomic E-state index is -0.163. The summed E-state index contributed by atoms with van der Waals surface area (Å²) in [5, 5.41) is 0. The van der Waals surface area contributed by atoms with Gasteiger partial charge in [-0.2, -0.15) is 0 Å². The van der Waals surface area contributed by atoms with Gasteiger partial charge in [0.05, 0.1) is 12.7 Å². The number of morpholine rings is 1. The quantitative estimate of drug-likeness (QED) is 0.893. The Labute approximate surface area is 108 Å². The first-order chi connectivity index (χ1) is 8.58. The van der Waals surface area contributed by atoms with Crippen LogP contribution < -0.4 is 10.6 Å². The van der Waals surface area contributed by atoms with Gasteiger partial charge in [0.25, 0.3) is 0 Å². The summed E-state index contributed by atoms with van der Waals surface area (Å²) in [6, 6.07) is 5.19. The SMILES string of the molecule is CC(N)Cc1c(F)cccc1N1CCOC(C)C1. The van der Waals surface area contributed by atoms with Crippen LogP contribution in [0.1, 0.15) is 19.4 Å².